The lowest BCUT2D eigenvalue weighted by Crippen LogP contribution is -2.43. The number of halogens is 1. The van der Waals surface area contributed by atoms with Gasteiger partial charge in [-0.25, -0.2) is 4.39 Å². The summed E-state index contributed by atoms with van der Waals surface area (Å²) in [6, 6.07) is 5.87. The van der Waals surface area contributed by atoms with Gasteiger partial charge in [0.1, 0.15) is 11.9 Å². The van der Waals surface area contributed by atoms with Crippen LogP contribution >= 0.6 is 0 Å². The predicted molar refractivity (Wildman–Crippen MR) is 93.3 cm³/mol. The summed E-state index contributed by atoms with van der Waals surface area (Å²) in [5, 5.41) is 3.00. The van der Waals surface area contributed by atoms with E-state index >= 15 is 0 Å². The molecule has 1 saturated heterocycles. The number of piperidine rings is 1. The second-order valence-electron chi connectivity index (χ2n) is 6.29. The van der Waals surface area contributed by atoms with Crippen LogP contribution in [0.15, 0.2) is 42.9 Å². The van der Waals surface area contributed by atoms with Gasteiger partial charge in [0.15, 0.2) is 0 Å². The summed E-state index contributed by atoms with van der Waals surface area (Å²) in [4.78, 5) is 23.3. The van der Waals surface area contributed by atoms with E-state index in [9.17, 15) is 9.18 Å². The quantitative estimate of drug-likeness (QED) is 0.876. The highest BCUT2D eigenvalue weighted by Crippen LogP contribution is 2.25. The van der Waals surface area contributed by atoms with Crippen LogP contribution < -0.4 is 5.32 Å². The van der Waals surface area contributed by atoms with E-state index in [-0.39, 0.29) is 17.8 Å². The first-order valence-corrected chi connectivity index (χ1v) is 8.76. The van der Waals surface area contributed by atoms with E-state index in [1.165, 1.54) is 18.6 Å². The van der Waals surface area contributed by atoms with Gasteiger partial charge in [-0.15, -0.1) is 0 Å². The summed E-state index contributed by atoms with van der Waals surface area (Å²) in [7, 11) is 0. The van der Waals surface area contributed by atoms with Crippen molar-refractivity contribution in [3.05, 3.63) is 59.9 Å². The second kappa shape index (κ2) is 8.67. The molecular weight excluding hydrogens is 319 g/mol. The molecule has 1 fully saturated rings. The molecule has 1 atom stereocenters. The Hall–Kier alpha value is -2.34. The Kier molecular flexibility index (Phi) is 6.06. The van der Waals surface area contributed by atoms with Crippen LogP contribution in [0, 0.1) is 5.82 Å². The van der Waals surface area contributed by atoms with Gasteiger partial charge in [-0.3, -0.25) is 19.7 Å². The zero-order valence-corrected chi connectivity index (χ0v) is 14.2. The lowest BCUT2D eigenvalue weighted by atomic mass is 10.0. The topological polar surface area (TPSA) is 58.1 Å². The number of rotatable bonds is 6. The van der Waals surface area contributed by atoms with Crippen LogP contribution in [0.2, 0.25) is 0 Å². The van der Waals surface area contributed by atoms with Crippen molar-refractivity contribution in [1.29, 1.82) is 0 Å². The number of benzene rings is 1. The number of amides is 1. The van der Waals surface area contributed by atoms with Gasteiger partial charge in [-0.1, -0.05) is 18.6 Å². The standard InChI is InChI=1S/C19H23FN4O/c20-16-6-4-15(5-7-16)18(24-12-2-1-3-13-24)19(25)23-9-8-17-14-21-10-11-22-17/h4-7,10-11,14,18H,1-3,8-9,12-13H2,(H,23,25)/t18-/m0/s1. The Morgan fingerprint density at radius 2 is 1.92 bits per heavy atom. The van der Waals surface area contributed by atoms with E-state index in [0.29, 0.717) is 13.0 Å². The second-order valence-corrected chi connectivity index (χ2v) is 6.29. The minimum atomic E-state index is -0.372. The van der Waals surface area contributed by atoms with Gasteiger partial charge in [0.25, 0.3) is 0 Å². The van der Waals surface area contributed by atoms with E-state index in [4.69, 9.17) is 0 Å². The molecule has 132 valence electrons. The van der Waals surface area contributed by atoms with Gasteiger partial charge >= 0.3 is 0 Å². The number of hydrogen-bond donors (Lipinski definition) is 1. The normalized spacial score (nSPS) is 16.4. The van der Waals surface area contributed by atoms with Crippen molar-refractivity contribution in [1.82, 2.24) is 20.2 Å². The van der Waals surface area contributed by atoms with Crippen LogP contribution in [0.3, 0.4) is 0 Å². The van der Waals surface area contributed by atoms with Gasteiger partial charge < -0.3 is 5.32 Å². The molecule has 25 heavy (non-hydrogen) atoms. The molecule has 0 spiro atoms. The molecule has 2 aromatic rings. The number of carbonyl (C=O) groups excluding carboxylic acids is 1. The number of carbonyl (C=O) groups is 1. The average molecular weight is 342 g/mol. The van der Waals surface area contributed by atoms with E-state index in [2.05, 4.69) is 20.2 Å². The van der Waals surface area contributed by atoms with Gasteiger partial charge in [-0.2, -0.15) is 0 Å². The summed E-state index contributed by atoms with van der Waals surface area (Å²) in [5.74, 6) is -0.332. The van der Waals surface area contributed by atoms with Crippen LogP contribution in [0.1, 0.15) is 36.6 Å². The molecule has 2 heterocycles. The highest BCUT2D eigenvalue weighted by atomic mass is 19.1. The summed E-state index contributed by atoms with van der Waals surface area (Å²) in [6.45, 7) is 2.28. The monoisotopic (exact) mass is 342 g/mol. The highest BCUT2D eigenvalue weighted by Gasteiger charge is 2.28. The van der Waals surface area contributed by atoms with E-state index < -0.39 is 0 Å². The van der Waals surface area contributed by atoms with Crippen LogP contribution in [0.25, 0.3) is 0 Å². The Bertz CT molecular complexity index is 672. The number of hydrogen-bond acceptors (Lipinski definition) is 4. The molecule has 3 rings (SSSR count). The van der Waals surface area contributed by atoms with E-state index in [1.54, 1.807) is 30.7 Å². The molecule has 0 unspecified atom stereocenters. The van der Waals surface area contributed by atoms with Crippen molar-refractivity contribution in [2.24, 2.45) is 0 Å². The largest absolute Gasteiger partial charge is 0.354 e. The molecule has 1 aliphatic rings. The number of nitrogens with zero attached hydrogens (tertiary/aromatic N) is 3. The summed E-state index contributed by atoms with van der Waals surface area (Å²) < 4.78 is 13.3. The third-order valence-electron chi connectivity index (χ3n) is 4.49. The molecule has 1 aromatic carbocycles. The summed E-state index contributed by atoms with van der Waals surface area (Å²) in [6.07, 6.45) is 8.98. The van der Waals surface area contributed by atoms with Gasteiger partial charge in [-0.05, 0) is 43.6 Å². The molecule has 0 saturated carbocycles. The molecule has 1 N–H and O–H groups in total. The number of nitrogens with one attached hydrogen (secondary N) is 1. The molecule has 0 radical (unpaired) electrons. The molecule has 5 nitrogen and oxygen atoms in total. The van der Waals surface area contributed by atoms with Crippen molar-refractivity contribution in [3.8, 4) is 0 Å². The van der Waals surface area contributed by atoms with Crippen molar-refractivity contribution < 1.29 is 9.18 Å². The number of likely N-dealkylation sites (tertiary alicyclic amines) is 1. The predicted octanol–water partition coefficient (Wildman–Crippen LogP) is 2.50. The Morgan fingerprint density at radius 1 is 1.16 bits per heavy atom. The lowest BCUT2D eigenvalue weighted by Gasteiger charge is -2.34. The Labute approximate surface area is 147 Å². The zero-order chi connectivity index (χ0) is 17.5. The maximum atomic E-state index is 13.3. The highest BCUT2D eigenvalue weighted by molar-refractivity contribution is 5.83. The van der Waals surface area contributed by atoms with Crippen LogP contribution in [-0.4, -0.2) is 40.4 Å². The first-order chi connectivity index (χ1) is 12.2. The first kappa shape index (κ1) is 17.5. The first-order valence-electron chi connectivity index (χ1n) is 8.76. The Morgan fingerprint density at radius 3 is 2.60 bits per heavy atom. The molecular formula is C19H23FN4O. The minimum Gasteiger partial charge on any atom is -0.354 e. The van der Waals surface area contributed by atoms with Crippen molar-refractivity contribution in [2.75, 3.05) is 19.6 Å². The molecule has 1 aromatic heterocycles. The van der Waals surface area contributed by atoms with Gasteiger partial charge in [0, 0.05) is 31.6 Å². The maximum absolute atomic E-state index is 13.3. The fourth-order valence-corrected chi connectivity index (χ4v) is 3.22. The zero-order valence-electron chi connectivity index (χ0n) is 14.2. The molecule has 0 bridgehead atoms. The minimum absolute atomic E-state index is 0.0441. The van der Waals surface area contributed by atoms with Gasteiger partial charge in [0.05, 0.1) is 5.69 Å². The van der Waals surface area contributed by atoms with Crippen LogP contribution in [-0.2, 0) is 11.2 Å². The summed E-state index contributed by atoms with van der Waals surface area (Å²) in [5.41, 5.74) is 1.68. The molecule has 1 amide bonds. The average Bonchev–Trinajstić information content (AvgIpc) is 2.65. The molecule has 0 aliphatic carbocycles. The van der Waals surface area contributed by atoms with Crippen molar-refractivity contribution in [2.45, 2.75) is 31.7 Å². The summed E-state index contributed by atoms with van der Waals surface area (Å²) >= 11 is 0. The molecule has 1 aliphatic heterocycles. The lowest BCUT2D eigenvalue weighted by molar-refractivity contribution is -0.127. The fraction of sp³-hybridized carbons (Fsp3) is 0.421. The van der Waals surface area contributed by atoms with Crippen LogP contribution in [0.4, 0.5) is 4.39 Å². The van der Waals surface area contributed by atoms with Gasteiger partial charge in [0.2, 0.25) is 5.91 Å². The Balaban J connectivity index is 1.67. The smallest absolute Gasteiger partial charge is 0.241 e. The van der Waals surface area contributed by atoms with Crippen molar-refractivity contribution in [3.63, 3.8) is 0 Å². The van der Waals surface area contributed by atoms with Crippen molar-refractivity contribution >= 4 is 5.91 Å². The molecule has 6 heteroatoms. The maximum Gasteiger partial charge on any atom is 0.241 e. The third kappa shape index (κ3) is 4.82. The third-order valence-corrected chi connectivity index (χ3v) is 4.49. The fourth-order valence-electron chi connectivity index (χ4n) is 3.22. The van der Waals surface area contributed by atoms with E-state index in [0.717, 1.165) is 37.2 Å². The van der Waals surface area contributed by atoms with E-state index in [1.807, 2.05) is 0 Å². The van der Waals surface area contributed by atoms with Crippen LogP contribution in [0.5, 0.6) is 0 Å². The number of aromatic nitrogens is 2. The SMILES string of the molecule is O=C(NCCc1cnccn1)[C@H](c1ccc(F)cc1)N1CCCCC1.